The fourth-order valence-electron chi connectivity index (χ4n) is 4.67. The van der Waals surface area contributed by atoms with Gasteiger partial charge in [-0.3, -0.25) is 0 Å². The van der Waals surface area contributed by atoms with Gasteiger partial charge in [0.1, 0.15) is 0 Å². The Balaban J connectivity index is 2.09. The van der Waals surface area contributed by atoms with E-state index in [1.165, 1.54) is 22.3 Å². The summed E-state index contributed by atoms with van der Waals surface area (Å²) < 4.78 is 0. The van der Waals surface area contributed by atoms with Gasteiger partial charge in [-0.2, -0.15) is 0 Å². The van der Waals surface area contributed by atoms with Crippen molar-refractivity contribution in [2.45, 2.75) is 44.3 Å². The van der Waals surface area contributed by atoms with E-state index >= 15 is 0 Å². The minimum absolute atomic E-state index is 0.397. The van der Waals surface area contributed by atoms with E-state index in [1.54, 1.807) is 0 Å². The molecule has 0 aliphatic carbocycles. The fourth-order valence-corrected chi connectivity index (χ4v) is 5.26. The molecular formula is C28H26S4. The monoisotopic (exact) mass is 490 g/mol. The third kappa shape index (κ3) is 4.14. The quantitative estimate of drug-likeness (QED) is 0.199. The van der Waals surface area contributed by atoms with Crippen molar-refractivity contribution >= 4 is 50.5 Å². The predicted molar refractivity (Wildman–Crippen MR) is 148 cm³/mol. The van der Waals surface area contributed by atoms with Gasteiger partial charge < -0.3 is 0 Å². The first-order valence-corrected chi connectivity index (χ1v) is 12.2. The van der Waals surface area contributed by atoms with Gasteiger partial charge >= 0.3 is 0 Å². The van der Waals surface area contributed by atoms with E-state index < -0.39 is 10.8 Å². The van der Waals surface area contributed by atoms with Crippen LogP contribution in [-0.4, -0.2) is 0 Å². The highest BCUT2D eigenvalue weighted by Crippen LogP contribution is 2.53. The minimum atomic E-state index is -0.397. The van der Waals surface area contributed by atoms with Crippen LogP contribution in [0, 0.1) is 0 Å². The normalized spacial score (nSPS) is 12.1. The van der Waals surface area contributed by atoms with Crippen LogP contribution < -0.4 is 0 Å². The first kappa shape index (κ1) is 23.4. The summed E-state index contributed by atoms with van der Waals surface area (Å²) in [6.45, 7) is 4.66. The summed E-state index contributed by atoms with van der Waals surface area (Å²) in [7, 11) is 0. The smallest absolute Gasteiger partial charge is 0.0309 e. The standard InChI is InChI=1S/C28H26S4/c1-27(19-3-11-23(29)12-4-19,20-5-13-24(30)14-6-20)28(2,21-7-15-25(31)16-8-21)22-9-17-26(32)18-10-22/h3-18,29-32H,1-2H3. The van der Waals surface area contributed by atoms with Crippen LogP contribution in [0.15, 0.2) is 117 Å². The zero-order valence-corrected chi connectivity index (χ0v) is 21.6. The van der Waals surface area contributed by atoms with E-state index in [4.69, 9.17) is 0 Å². The van der Waals surface area contributed by atoms with Gasteiger partial charge in [-0.1, -0.05) is 62.4 Å². The van der Waals surface area contributed by atoms with Crippen LogP contribution in [0.25, 0.3) is 0 Å². The highest BCUT2D eigenvalue weighted by molar-refractivity contribution is 7.80. The van der Waals surface area contributed by atoms with Crippen LogP contribution >= 0.6 is 50.5 Å². The Labute approximate surface area is 213 Å². The van der Waals surface area contributed by atoms with E-state index in [-0.39, 0.29) is 0 Å². The van der Waals surface area contributed by atoms with E-state index in [0.717, 1.165) is 19.6 Å². The van der Waals surface area contributed by atoms with Crippen molar-refractivity contribution in [3.8, 4) is 0 Å². The second-order valence-electron chi connectivity index (χ2n) is 8.44. The molecule has 4 aromatic carbocycles. The summed E-state index contributed by atoms with van der Waals surface area (Å²) in [5.41, 5.74) is 4.08. The van der Waals surface area contributed by atoms with Gasteiger partial charge in [0.2, 0.25) is 0 Å². The molecular weight excluding hydrogens is 465 g/mol. The number of hydrogen-bond donors (Lipinski definition) is 4. The largest absolute Gasteiger partial charge is 0.143 e. The van der Waals surface area contributed by atoms with Crippen molar-refractivity contribution in [3.05, 3.63) is 119 Å². The molecule has 4 heteroatoms. The summed E-state index contributed by atoms with van der Waals surface area (Å²) in [6, 6.07) is 34.1. The van der Waals surface area contributed by atoms with E-state index in [1.807, 2.05) is 0 Å². The zero-order chi connectivity index (χ0) is 22.9. The molecule has 0 nitrogen and oxygen atoms in total. The molecule has 0 spiro atoms. The average molecular weight is 491 g/mol. The molecule has 0 unspecified atom stereocenters. The Morgan fingerprint density at radius 2 is 0.500 bits per heavy atom. The average Bonchev–Trinajstić information content (AvgIpc) is 2.80. The molecule has 0 radical (unpaired) electrons. The number of hydrogen-bond acceptors (Lipinski definition) is 4. The predicted octanol–water partition coefficient (Wildman–Crippen LogP) is 8.15. The van der Waals surface area contributed by atoms with Gasteiger partial charge in [0.05, 0.1) is 0 Å². The molecule has 0 amide bonds. The van der Waals surface area contributed by atoms with Gasteiger partial charge in [-0.05, 0) is 70.8 Å². The summed E-state index contributed by atoms with van der Waals surface area (Å²) in [5.74, 6) is 0. The van der Waals surface area contributed by atoms with Crippen LogP contribution in [0.1, 0.15) is 36.1 Å². The van der Waals surface area contributed by atoms with Gasteiger partial charge in [0, 0.05) is 30.4 Å². The molecule has 0 aromatic heterocycles. The Hall–Kier alpha value is -1.72. The molecule has 0 saturated carbocycles. The molecule has 0 heterocycles. The van der Waals surface area contributed by atoms with Crippen molar-refractivity contribution in [3.63, 3.8) is 0 Å². The van der Waals surface area contributed by atoms with Gasteiger partial charge in [0.15, 0.2) is 0 Å². The van der Waals surface area contributed by atoms with Crippen LogP contribution in [-0.2, 0) is 10.8 Å². The van der Waals surface area contributed by atoms with Crippen molar-refractivity contribution in [2.75, 3.05) is 0 Å². The highest BCUT2D eigenvalue weighted by atomic mass is 32.1. The molecule has 0 saturated heterocycles. The van der Waals surface area contributed by atoms with Gasteiger partial charge in [0.25, 0.3) is 0 Å². The lowest BCUT2D eigenvalue weighted by Gasteiger charge is -2.49. The molecule has 162 valence electrons. The Bertz CT molecular complexity index is 1000. The molecule has 0 aliphatic heterocycles. The number of rotatable bonds is 5. The van der Waals surface area contributed by atoms with Crippen LogP contribution in [0.4, 0.5) is 0 Å². The lowest BCUT2D eigenvalue weighted by atomic mass is 9.53. The lowest BCUT2D eigenvalue weighted by Crippen LogP contribution is -2.47. The Morgan fingerprint density at radius 1 is 0.344 bits per heavy atom. The van der Waals surface area contributed by atoms with Crippen molar-refractivity contribution in [1.82, 2.24) is 0 Å². The molecule has 0 aliphatic rings. The molecule has 4 rings (SSSR count). The van der Waals surface area contributed by atoms with Crippen molar-refractivity contribution in [2.24, 2.45) is 0 Å². The lowest BCUT2D eigenvalue weighted by molar-refractivity contribution is 0.359. The molecule has 0 fully saturated rings. The third-order valence-electron chi connectivity index (χ3n) is 6.78. The van der Waals surface area contributed by atoms with Crippen LogP contribution in [0.3, 0.4) is 0 Å². The summed E-state index contributed by atoms with van der Waals surface area (Å²) in [5, 5.41) is 0. The summed E-state index contributed by atoms with van der Waals surface area (Å²) >= 11 is 18.1. The molecule has 0 N–H and O–H groups in total. The number of thiol groups is 4. The maximum absolute atomic E-state index is 4.54. The maximum atomic E-state index is 4.54. The summed E-state index contributed by atoms with van der Waals surface area (Å²) in [6.07, 6.45) is 0. The first-order valence-electron chi connectivity index (χ1n) is 10.4. The molecule has 4 aromatic rings. The second-order valence-corrected chi connectivity index (χ2v) is 10.5. The van der Waals surface area contributed by atoms with E-state index in [9.17, 15) is 0 Å². The number of benzene rings is 4. The molecule has 0 bridgehead atoms. The molecule has 0 atom stereocenters. The van der Waals surface area contributed by atoms with Crippen molar-refractivity contribution < 1.29 is 0 Å². The van der Waals surface area contributed by atoms with E-state index in [2.05, 4.69) is 161 Å². The fraction of sp³-hybridized carbons (Fsp3) is 0.143. The first-order chi connectivity index (χ1) is 15.2. The van der Waals surface area contributed by atoms with Crippen LogP contribution in [0.5, 0.6) is 0 Å². The zero-order valence-electron chi connectivity index (χ0n) is 18.0. The van der Waals surface area contributed by atoms with Gasteiger partial charge in [-0.15, -0.1) is 50.5 Å². The second kappa shape index (κ2) is 9.26. The van der Waals surface area contributed by atoms with E-state index in [0.29, 0.717) is 0 Å². The van der Waals surface area contributed by atoms with Crippen molar-refractivity contribution in [1.29, 1.82) is 0 Å². The highest BCUT2D eigenvalue weighted by Gasteiger charge is 2.49. The van der Waals surface area contributed by atoms with Crippen LogP contribution in [0.2, 0.25) is 0 Å². The topological polar surface area (TPSA) is 0 Å². The molecule has 32 heavy (non-hydrogen) atoms. The Morgan fingerprint density at radius 3 is 0.656 bits per heavy atom. The SMILES string of the molecule is CC(c1ccc(S)cc1)(c1ccc(S)cc1)C(C)(c1ccc(S)cc1)c1ccc(S)cc1. The van der Waals surface area contributed by atoms with Gasteiger partial charge in [-0.25, -0.2) is 0 Å². The maximum Gasteiger partial charge on any atom is 0.0309 e. The Kier molecular flexibility index (Phi) is 6.78. The summed E-state index contributed by atoms with van der Waals surface area (Å²) in [4.78, 5) is 3.79. The third-order valence-corrected chi connectivity index (χ3v) is 7.97. The minimum Gasteiger partial charge on any atom is -0.143 e.